The molecular formula is C14H23NO2S. The number of hydrogen-bond donors (Lipinski definition) is 1. The van der Waals surface area contributed by atoms with Gasteiger partial charge in [-0.25, -0.2) is 0 Å². The lowest BCUT2D eigenvalue weighted by Gasteiger charge is -2.18. The summed E-state index contributed by atoms with van der Waals surface area (Å²) in [5.41, 5.74) is 1.18. The van der Waals surface area contributed by atoms with Gasteiger partial charge in [0, 0.05) is 23.4 Å². The summed E-state index contributed by atoms with van der Waals surface area (Å²) in [6, 6.07) is 6.29. The molecule has 0 spiro atoms. The molecular weight excluding hydrogens is 246 g/mol. The van der Waals surface area contributed by atoms with Crippen LogP contribution in [-0.2, 0) is 0 Å². The van der Waals surface area contributed by atoms with Crippen molar-refractivity contribution in [1.29, 1.82) is 0 Å². The van der Waals surface area contributed by atoms with E-state index in [9.17, 15) is 0 Å². The predicted molar refractivity (Wildman–Crippen MR) is 79.0 cm³/mol. The molecule has 1 N–H and O–H groups in total. The van der Waals surface area contributed by atoms with Crippen molar-refractivity contribution in [2.75, 3.05) is 32.3 Å². The van der Waals surface area contributed by atoms with Gasteiger partial charge in [0.05, 0.1) is 13.7 Å². The van der Waals surface area contributed by atoms with Gasteiger partial charge in [-0.15, -0.1) is 0 Å². The summed E-state index contributed by atoms with van der Waals surface area (Å²) in [5.74, 6) is 2.74. The highest BCUT2D eigenvalue weighted by Gasteiger charge is 2.12. The fourth-order valence-corrected chi connectivity index (χ4v) is 2.03. The molecule has 0 fully saturated rings. The second-order valence-corrected chi connectivity index (χ2v) is 5.01. The van der Waals surface area contributed by atoms with E-state index in [1.165, 1.54) is 5.56 Å². The van der Waals surface area contributed by atoms with Crippen molar-refractivity contribution in [3.05, 3.63) is 23.8 Å². The molecule has 1 unspecified atom stereocenters. The molecule has 0 saturated carbocycles. The minimum Gasteiger partial charge on any atom is -0.497 e. The molecule has 0 heterocycles. The maximum Gasteiger partial charge on any atom is 0.127 e. The highest BCUT2D eigenvalue weighted by Crippen LogP contribution is 2.29. The fourth-order valence-electron chi connectivity index (χ4n) is 1.78. The molecule has 0 aliphatic rings. The van der Waals surface area contributed by atoms with Crippen molar-refractivity contribution in [2.45, 2.75) is 19.9 Å². The Morgan fingerprint density at radius 1 is 1.39 bits per heavy atom. The fraction of sp³-hybridized carbons (Fsp3) is 0.571. The Labute approximate surface area is 114 Å². The van der Waals surface area contributed by atoms with E-state index in [1.54, 1.807) is 18.9 Å². The molecule has 0 amide bonds. The first-order valence-electron chi connectivity index (χ1n) is 6.26. The van der Waals surface area contributed by atoms with Crippen LogP contribution < -0.4 is 14.8 Å². The van der Waals surface area contributed by atoms with Crippen LogP contribution in [0.1, 0.15) is 25.5 Å². The molecule has 18 heavy (non-hydrogen) atoms. The van der Waals surface area contributed by atoms with Crippen LogP contribution in [0, 0.1) is 0 Å². The van der Waals surface area contributed by atoms with E-state index in [0.717, 1.165) is 30.4 Å². The first-order valence-corrected chi connectivity index (χ1v) is 7.65. The summed E-state index contributed by atoms with van der Waals surface area (Å²) in [6.07, 6.45) is 2.08. The number of benzene rings is 1. The molecule has 1 atom stereocenters. The zero-order valence-corrected chi connectivity index (χ0v) is 12.5. The summed E-state index contributed by atoms with van der Waals surface area (Å²) < 4.78 is 11.1. The van der Waals surface area contributed by atoms with E-state index in [4.69, 9.17) is 9.47 Å². The van der Waals surface area contributed by atoms with Gasteiger partial charge >= 0.3 is 0 Å². The average Bonchev–Trinajstić information content (AvgIpc) is 2.39. The van der Waals surface area contributed by atoms with Gasteiger partial charge < -0.3 is 14.8 Å². The average molecular weight is 269 g/mol. The normalized spacial score (nSPS) is 12.2. The smallest absolute Gasteiger partial charge is 0.127 e. The topological polar surface area (TPSA) is 30.5 Å². The lowest BCUT2D eigenvalue weighted by Crippen LogP contribution is -2.18. The van der Waals surface area contributed by atoms with Gasteiger partial charge in [-0.05, 0) is 25.8 Å². The molecule has 1 aromatic rings. The van der Waals surface area contributed by atoms with Crippen LogP contribution in [0.15, 0.2) is 18.2 Å². The van der Waals surface area contributed by atoms with Gasteiger partial charge in [0.2, 0.25) is 0 Å². The first-order chi connectivity index (χ1) is 8.72. The quantitative estimate of drug-likeness (QED) is 0.735. The Kier molecular flexibility index (Phi) is 6.98. The largest absolute Gasteiger partial charge is 0.497 e. The molecule has 0 bridgehead atoms. The SMILES string of the molecule is CCNC(C)c1ccc(OC)cc1OCCSC. The first kappa shape index (κ1) is 15.2. The maximum absolute atomic E-state index is 5.85. The molecule has 0 radical (unpaired) electrons. The van der Waals surface area contributed by atoms with Gasteiger partial charge in [-0.1, -0.05) is 13.0 Å². The van der Waals surface area contributed by atoms with Crippen LogP contribution >= 0.6 is 11.8 Å². The Morgan fingerprint density at radius 3 is 2.78 bits per heavy atom. The van der Waals surface area contributed by atoms with Crippen molar-refractivity contribution < 1.29 is 9.47 Å². The van der Waals surface area contributed by atoms with Crippen LogP contribution in [-0.4, -0.2) is 32.3 Å². The van der Waals surface area contributed by atoms with E-state index >= 15 is 0 Å². The lowest BCUT2D eigenvalue weighted by atomic mass is 10.1. The van der Waals surface area contributed by atoms with Gasteiger partial charge in [0.1, 0.15) is 11.5 Å². The second-order valence-electron chi connectivity index (χ2n) is 4.02. The van der Waals surface area contributed by atoms with E-state index in [-0.39, 0.29) is 6.04 Å². The number of methoxy groups -OCH3 is 1. The van der Waals surface area contributed by atoms with E-state index < -0.39 is 0 Å². The summed E-state index contributed by atoms with van der Waals surface area (Å²) in [6.45, 7) is 5.92. The predicted octanol–water partition coefficient (Wildman–Crippen LogP) is 3.11. The third-order valence-corrected chi connectivity index (χ3v) is 3.32. The molecule has 0 aliphatic heterocycles. The third kappa shape index (κ3) is 4.42. The Bertz CT molecular complexity index is 358. The zero-order valence-electron chi connectivity index (χ0n) is 11.7. The minimum atomic E-state index is 0.283. The number of nitrogens with one attached hydrogen (secondary N) is 1. The Morgan fingerprint density at radius 2 is 2.17 bits per heavy atom. The molecule has 3 nitrogen and oxygen atoms in total. The van der Waals surface area contributed by atoms with Gasteiger partial charge in [0.15, 0.2) is 0 Å². The molecule has 0 aromatic heterocycles. The van der Waals surface area contributed by atoms with Crippen LogP contribution in [0.5, 0.6) is 11.5 Å². The Hall–Kier alpha value is -0.870. The van der Waals surface area contributed by atoms with E-state index in [0.29, 0.717) is 0 Å². The summed E-state index contributed by atoms with van der Waals surface area (Å²) in [4.78, 5) is 0. The Balaban J connectivity index is 2.85. The van der Waals surface area contributed by atoms with Crippen LogP contribution in [0.4, 0.5) is 0 Å². The highest BCUT2D eigenvalue weighted by atomic mass is 32.2. The van der Waals surface area contributed by atoms with Crippen LogP contribution in [0.2, 0.25) is 0 Å². The highest BCUT2D eigenvalue weighted by molar-refractivity contribution is 7.98. The van der Waals surface area contributed by atoms with Crippen molar-refractivity contribution in [1.82, 2.24) is 5.32 Å². The molecule has 0 saturated heterocycles. The van der Waals surface area contributed by atoms with Crippen molar-refractivity contribution >= 4 is 11.8 Å². The zero-order chi connectivity index (χ0) is 13.4. The molecule has 1 aromatic carbocycles. The summed E-state index contributed by atoms with van der Waals surface area (Å²) >= 11 is 1.78. The number of thioether (sulfide) groups is 1. The molecule has 1 rings (SSSR count). The lowest BCUT2D eigenvalue weighted by molar-refractivity contribution is 0.332. The summed E-state index contributed by atoms with van der Waals surface area (Å²) in [7, 11) is 1.68. The van der Waals surface area contributed by atoms with Gasteiger partial charge in [-0.3, -0.25) is 0 Å². The monoisotopic (exact) mass is 269 g/mol. The van der Waals surface area contributed by atoms with Crippen LogP contribution in [0.3, 0.4) is 0 Å². The van der Waals surface area contributed by atoms with Gasteiger partial charge in [-0.2, -0.15) is 11.8 Å². The molecule has 0 aliphatic carbocycles. The third-order valence-electron chi connectivity index (χ3n) is 2.74. The number of ether oxygens (including phenoxy) is 2. The maximum atomic E-state index is 5.85. The van der Waals surface area contributed by atoms with E-state index in [2.05, 4.69) is 31.5 Å². The van der Waals surface area contributed by atoms with Crippen molar-refractivity contribution in [3.8, 4) is 11.5 Å². The van der Waals surface area contributed by atoms with Crippen LogP contribution in [0.25, 0.3) is 0 Å². The van der Waals surface area contributed by atoms with Crippen molar-refractivity contribution in [3.63, 3.8) is 0 Å². The van der Waals surface area contributed by atoms with Gasteiger partial charge in [0.25, 0.3) is 0 Å². The van der Waals surface area contributed by atoms with E-state index in [1.807, 2.05) is 12.1 Å². The minimum absolute atomic E-state index is 0.283. The van der Waals surface area contributed by atoms with Crippen molar-refractivity contribution in [2.24, 2.45) is 0 Å². The molecule has 4 heteroatoms. The summed E-state index contributed by atoms with van der Waals surface area (Å²) in [5, 5.41) is 3.40. The number of hydrogen-bond acceptors (Lipinski definition) is 4. The standard InChI is InChI=1S/C14H23NO2S/c1-5-15-11(2)13-7-6-12(16-3)10-14(13)17-8-9-18-4/h6-7,10-11,15H,5,8-9H2,1-4H3. The second kappa shape index (κ2) is 8.27. The molecule has 102 valence electrons. The number of rotatable bonds is 8.